The maximum absolute atomic E-state index is 11.3. The molecule has 0 spiro atoms. The van der Waals surface area contributed by atoms with Crippen molar-refractivity contribution in [3.8, 4) is 28.0 Å². The predicted octanol–water partition coefficient (Wildman–Crippen LogP) is 8.00. The summed E-state index contributed by atoms with van der Waals surface area (Å²) in [6.07, 6.45) is 5.80. The van der Waals surface area contributed by atoms with Gasteiger partial charge in [0.2, 0.25) is 11.5 Å². The standard InChI is InChI=1S/C39H39BrN2O8S2/c1-2-28(24-38-41(20-6-8-22-51(43,44)45)34-26-31(14-18-36(34)49-38)29-10-4-3-5-11-29)25-39-42(21-7-9-23-52(46,47)48)35-27-32(15-19-37(35)50-39)30-12-16-33(40)17-13-30/h3-5,10-19,24-27H,2,6-9,20-23H2,1H3,(H-,43,44,45,46,47,48)/p-1. The highest BCUT2D eigenvalue weighted by Gasteiger charge is 2.28. The molecule has 0 saturated carbocycles. The van der Waals surface area contributed by atoms with E-state index in [-0.39, 0.29) is 12.8 Å². The molecule has 4 aromatic carbocycles. The lowest BCUT2D eigenvalue weighted by Gasteiger charge is -2.19. The van der Waals surface area contributed by atoms with Gasteiger partial charge in [0.05, 0.1) is 32.0 Å². The number of oxazole rings is 1. The molecule has 0 amide bonds. The monoisotopic (exact) mass is 805 g/mol. The zero-order chi connectivity index (χ0) is 36.9. The second kappa shape index (κ2) is 16.2. The Morgan fingerprint density at radius 1 is 0.788 bits per heavy atom. The third-order valence-electron chi connectivity index (χ3n) is 8.82. The van der Waals surface area contributed by atoms with E-state index in [4.69, 9.17) is 9.15 Å². The average Bonchev–Trinajstić information content (AvgIpc) is 3.63. The molecule has 0 fully saturated rings. The van der Waals surface area contributed by atoms with Crippen LogP contribution in [0.15, 0.2) is 117 Å². The van der Waals surface area contributed by atoms with Crippen molar-refractivity contribution < 1.29 is 39.7 Å². The molecular weight excluding hydrogens is 768 g/mol. The molecule has 0 radical (unpaired) electrons. The molecule has 13 heteroatoms. The first-order valence-corrected chi connectivity index (χ1v) is 21.0. The van der Waals surface area contributed by atoms with Crippen LogP contribution in [-0.4, -0.2) is 44.0 Å². The molecule has 0 unspecified atom stereocenters. The van der Waals surface area contributed by atoms with E-state index < -0.39 is 31.7 Å². The number of rotatable bonds is 15. The van der Waals surface area contributed by atoms with Gasteiger partial charge in [-0.15, -0.1) is 0 Å². The van der Waals surface area contributed by atoms with Gasteiger partial charge in [0.1, 0.15) is 0 Å². The summed E-state index contributed by atoms with van der Waals surface area (Å²) >= 11 is 3.49. The predicted molar refractivity (Wildman–Crippen MR) is 203 cm³/mol. The highest BCUT2D eigenvalue weighted by molar-refractivity contribution is 9.10. The van der Waals surface area contributed by atoms with E-state index in [1.807, 2.05) is 120 Å². The molecular formula is C39H38BrN2O8S2-. The minimum Gasteiger partial charge on any atom is -0.748 e. The molecule has 52 heavy (non-hydrogen) atoms. The van der Waals surface area contributed by atoms with Crippen LogP contribution in [0, 0.1) is 0 Å². The van der Waals surface area contributed by atoms with Gasteiger partial charge in [0, 0.05) is 41.1 Å². The quantitative estimate of drug-likeness (QED) is 0.0584. The Balaban J connectivity index is 1.36. The fourth-order valence-corrected chi connectivity index (χ4v) is 7.55. The second-order valence-electron chi connectivity index (χ2n) is 12.6. The van der Waals surface area contributed by atoms with E-state index in [0.29, 0.717) is 55.5 Å². The lowest BCUT2D eigenvalue weighted by Crippen LogP contribution is -2.35. The number of fused-ring (bicyclic) bond motifs is 2. The van der Waals surface area contributed by atoms with Crippen molar-refractivity contribution in [3.63, 3.8) is 0 Å². The maximum atomic E-state index is 11.3. The molecule has 2 heterocycles. The van der Waals surface area contributed by atoms with Crippen LogP contribution < -0.4 is 14.2 Å². The van der Waals surface area contributed by atoms with Gasteiger partial charge >= 0.3 is 5.89 Å². The summed E-state index contributed by atoms with van der Waals surface area (Å²) in [6, 6.07) is 29.8. The minimum absolute atomic E-state index is 0.214. The first kappa shape index (κ1) is 37.5. The van der Waals surface area contributed by atoms with Crippen molar-refractivity contribution in [1.29, 1.82) is 0 Å². The van der Waals surface area contributed by atoms with Crippen LogP contribution in [0.5, 0.6) is 5.75 Å². The molecule has 1 aliphatic heterocycles. The summed E-state index contributed by atoms with van der Waals surface area (Å²) in [5.41, 5.74) is 7.24. The summed E-state index contributed by atoms with van der Waals surface area (Å²) in [6.45, 7) is 2.86. The zero-order valence-corrected chi connectivity index (χ0v) is 31.8. The molecule has 0 bridgehead atoms. The maximum Gasteiger partial charge on any atom is 0.374 e. The number of ether oxygens (including phenoxy) is 1. The Morgan fingerprint density at radius 2 is 1.42 bits per heavy atom. The number of aryl methyl sites for hydroxylation is 1. The van der Waals surface area contributed by atoms with E-state index in [0.717, 1.165) is 43.5 Å². The number of halogens is 1. The molecule has 1 aromatic heterocycles. The van der Waals surface area contributed by atoms with Crippen molar-refractivity contribution in [2.45, 2.75) is 45.6 Å². The Kier molecular flexibility index (Phi) is 11.7. The van der Waals surface area contributed by atoms with Gasteiger partial charge in [-0.1, -0.05) is 77.5 Å². The highest BCUT2D eigenvalue weighted by atomic mass is 79.9. The third kappa shape index (κ3) is 9.58. The molecule has 272 valence electrons. The Morgan fingerprint density at radius 3 is 2.12 bits per heavy atom. The van der Waals surface area contributed by atoms with Crippen LogP contribution in [0.3, 0.4) is 0 Å². The van der Waals surface area contributed by atoms with E-state index in [1.54, 1.807) is 0 Å². The fourth-order valence-electron chi connectivity index (χ4n) is 6.17. The average molecular weight is 807 g/mol. The van der Waals surface area contributed by atoms with Gasteiger partial charge in [0.15, 0.2) is 12.3 Å². The van der Waals surface area contributed by atoms with E-state index in [9.17, 15) is 25.9 Å². The van der Waals surface area contributed by atoms with Gasteiger partial charge in [-0.3, -0.25) is 0 Å². The Hall–Kier alpha value is -4.27. The van der Waals surface area contributed by atoms with Crippen LogP contribution >= 0.6 is 15.9 Å². The van der Waals surface area contributed by atoms with Gasteiger partial charge < -0.3 is 23.2 Å². The van der Waals surface area contributed by atoms with Gasteiger partial charge in [0.25, 0.3) is 5.52 Å². The molecule has 0 aliphatic carbocycles. The number of benzene rings is 4. The molecule has 5 aromatic rings. The van der Waals surface area contributed by atoms with Crippen molar-refractivity contribution in [1.82, 2.24) is 0 Å². The van der Waals surface area contributed by atoms with Crippen molar-refractivity contribution in [3.05, 3.63) is 119 Å². The summed E-state index contributed by atoms with van der Waals surface area (Å²) in [5, 5.41) is 0. The van der Waals surface area contributed by atoms with E-state index in [2.05, 4.69) is 15.9 Å². The highest BCUT2D eigenvalue weighted by Crippen LogP contribution is 2.42. The minimum atomic E-state index is -4.33. The number of hydrogen-bond acceptors (Lipinski definition) is 9. The number of allylic oxidation sites excluding steroid dienone is 2. The molecule has 0 atom stereocenters. The van der Waals surface area contributed by atoms with Crippen LogP contribution in [0.25, 0.3) is 39.4 Å². The van der Waals surface area contributed by atoms with Crippen molar-refractivity contribution in [2.24, 2.45) is 0 Å². The normalized spacial score (nSPS) is 14.3. The molecule has 1 aliphatic rings. The second-order valence-corrected chi connectivity index (χ2v) is 16.5. The SMILES string of the molecule is CCC(/C=C1\Oc2ccc(-c3ccc(Br)cc3)cc2N1CCCCS(=O)(=O)[O-])=C\c1oc2ccc(-c3ccccc3)cc2[n+]1CCCCS(=O)(=O)[O-]. The molecule has 0 N–H and O–H groups in total. The van der Waals surface area contributed by atoms with Crippen molar-refractivity contribution >= 4 is 59.0 Å². The van der Waals surface area contributed by atoms with E-state index in [1.165, 1.54) is 0 Å². The number of hydrogen-bond donors (Lipinski definition) is 0. The van der Waals surface area contributed by atoms with Gasteiger partial charge in [-0.05, 0) is 83.8 Å². The molecule has 0 saturated heterocycles. The van der Waals surface area contributed by atoms with Crippen LogP contribution in [0.2, 0.25) is 0 Å². The third-order valence-corrected chi connectivity index (χ3v) is 10.9. The van der Waals surface area contributed by atoms with Crippen LogP contribution in [0.1, 0.15) is 44.9 Å². The van der Waals surface area contributed by atoms with Crippen LogP contribution in [-0.2, 0) is 26.8 Å². The number of nitrogens with zero attached hydrogens (tertiary/aromatic N) is 2. The smallest absolute Gasteiger partial charge is 0.374 e. The number of aromatic nitrogens is 1. The first-order valence-electron chi connectivity index (χ1n) is 17.0. The molecule has 10 nitrogen and oxygen atoms in total. The summed E-state index contributed by atoms with van der Waals surface area (Å²) in [4.78, 5) is 2.00. The Labute approximate surface area is 312 Å². The number of unbranched alkanes of at least 4 members (excludes halogenated alkanes) is 2. The summed E-state index contributed by atoms with van der Waals surface area (Å²) in [7, 11) is -8.66. The van der Waals surface area contributed by atoms with Crippen molar-refractivity contribution in [2.75, 3.05) is 23.0 Å². The van der Waals surface area contributed by atoms with Gasteiger partial charge in [-0.2, -0.15) is 4.57 Å². The summed E-state index contributed by atoms with van der Waals surface area (Å²) in [5.74, 6) is 0.883. The zero-order valence-electron chi connectivity index (χ0n) is 28.5. The lowest BCUT2D eigenvalue weighted by atomic mass is 10.0. The first-order chi connectivity index (χ1) is 24.9. The summed E-state index contributed by atoms with van der Waals surface area (Å²) < 4.78 is 83.6. The van der Waals surface area contributed by atoms with Gasteiger partial charge in [-0.25, -0.2) is 16.8 Å². The van der Waals surface area contributed by atoms with Crippen LogP contribution in [0.4, 0.5) is 5.69 Å². The topological polar surface area (TPSA) is 144 Å². The lowest BCUT2D eigenvalue weighted by molar-refractivity contribution is -0.678. The van der Waals surface area contributed by atoms with E-state index >= 15 is 0 Å². The largest absolute Gasteiger partial charge is 0.748 e. The fraction of sp³-hybridized carbons (Fsp3) is 0.256. The number of anilines is 1. The molecule has 6 rings (SSSR count). The Bertz CT molecular complexity index is 2340.